The molecular weight excluding hydrogens is 423 g/mol. The average Bonchev–Trinajstić information content (AvgIpc) is 3.22. The number of piperidine rings is 1. The van der Waals surface area contributed by atoms with Crippen molar-refractivity contribution in [3.63, 3.8) is 0 Å². The molecule has 0 saturated carbocycles. The lowest BCUT2D eigenvalue weighted by Crippen LogP contribution is -2.41. The summed E-state index contributed by atoms with van der Waals surface area (Å²) in [6.07, 6.45) is -3.56. The van der Waals surface area contributed by atoms with E-state index in [9.17, 15) is 18.0 Å². The van der Waals surface area contributed by atoms with Gasteiger partial charge < -0.3 is 4.74 Å². The van der Waals surface area contributed by atoms with Crippen LogP contribution in [0.1, 0.15) is 54.8 Å². The SMILES string of the molecule is C=C(C)C#C[C@H](c1cccs1)N1CC[C@@H](OC(C)=O)C[C@H]1c1ccc(C(F)(F)F)cc1. The van der Waals surface area contributed by atoms with Crippen LogP contribution in [0.3, 0.4) is 0 Å². The lowest BCUT2D eigenvalue weighted by molar-refractivity contribution is -0.150. The molecule has 1 aliphatic rings. The fourth-order valence-corrected chi connectivity index (χ4v) is 4.57. The van der Waals surface area contributed by atoms with Crippen LogP contribution in [0, 0.1) is 11.8 Å². The predicted molar refractivity (Wildman–Crippen MR) is 115 cm³/mol. The summed E-state index contributed by atoms with van der Waals surface area (Å²) in [4.78, 5) is 14.7. The number of carbonyl (C=O) groups is 1. The Labute approximate surface area is 184 Å². The van der Waals surface area contributed by atoms with Gasteiger partial charge in [-0.25, -0.2) is 0 Å². The lowest BCUT2D eigenvalue weighted by atomic mass is 9.90. The van der Waals surface area contributed by atoms with E-state index in [1.807, 2.05) is 24.4 Å². The molecule has 1 saturated heterocycles. The highest BCUT2D eigenvalue weighted by molar-refractivity contribution is 7.10. The molecule has 0 aliphatic carbocycles. The van der Waals surface area contributed by atoms with E-state index in [4.69, 9.17) is 4.74 Å². The van der Waals surface area contributed by atoms with E-state index in [2.05, 4.69) is 23.3 Å². The molecule has 7 heteroatoms. The number of esters is 1. The first-order valence-corrected chi connectivity index (χ1v) is 10.8. The standard InChI is InChI=1S/C24H24F3NO2S/c1-16(2)6-11-21(23-5-4-14-31-23)28-13-12-20(30-17(3)29)15-22(28)18-7-9-19(10-8-18)24(25,26)27/h4-5,7-10,14,20-22H,1,12-13,15H2,2-3H3/t20-,21-,22+/m1/s1. The summed E-state index contributed by atoms with van der Waals surface area (Å²) in [7, 11) is 0. The van der Waals surface area contributed by atoms with Crippen molar-refractivity contribution < 1.29 is 22.7 Å². The number of carbonyl (C=O) groups excluding carboxylic acids is 1. The van der Waals surface area contributed by atoms with Crippen molar-refractivity contribution >= 4 is 17.3 Å². The van der Waals surface area contributed by atoms with Crippen LogP contribution in [0.15, 0.2) is 53.9 Å². The molecule has 0 unspecified atom stereocenters. The van der Waals surface area contributed by atoms with Crippen molar-refractivity contribution in [2.75, 3.05) is 6.54 Å². The Hall–Kier alpha value is -2.56. The second-order valence-electron chi connectivity index (χ2n) is 7.60. The summed E-state index contributed by atoms with van der Waals surface area (Å²) in [6.45, 7) is 7.65. The Bertz CT molecular complexity index is 971. The first kappa shape index (κ1) is 23.1. The highest BCUT2D eigenvalue weighted by atomic mass is 32.1. The number of alkyl halides is 3. The van der Waals surface area contributed by atoms with Gasteiger partial charge in [-0.15, -0.1) is 11.3 Å². The molecule has 3 nitrogen and oxygen atoms in total. The zero-order valence-electron chi connectivity index (χ0n) is 17.4. The van der Waals surface area contributed by atoms with Crippen molar-refractivity contribution in [1.29, 1.82) is 0 Å². The second kappa shape index (κ2) is 9.71. The van der Waals surface area contributed by atoms with E-state index in [1.54, 1.807) is 11.3 Å². The summed E-state index contributed by atoms with van der Waals surface area (Å²) >= 11 is 1.58. The highest BCUT2D eigenvalue weighted by Gasteiger charge is 2.36. The van der Waals surface area contributed by atoms with Crippen LogP contribution in [0.4, 0.5) is 13.2 Å². The molecule has 31 heavy (non-hydrogen) atoms. The van der Waals surface area contributed by atoms with Gasteiger partial charge in [0.15, 0.2) is 0 Å². The number of benzene rings is 1. The van der Waals surface area contributed by atoms with Crippen molar-refractivity contribution in [3.05, 3.63) is 69.9 Å². The third-order valence-corrected chi connectivity index (χ3v) is 6.04. The molecule has 0 bridgehead atoms. The maximum absolute atomic E-state index is 13.0. The van der Waals surface area contributed by atoms with Gasteiger partial charge in [-0.3, -0.25) is 9.69 Å². The van der Waals surface area contributed by atoms with Gasteiger partial charge in [0.2, 0.25) is 0 Å². The summed E-state index contributed by atoms with van der Waals surface area (Å²) in [6, 6.07) is 8.70. The predicted octanol–water partition coefficient (Wildman–Crippen LogP) is 6.16. The number of ether oxygens (including phenoxy) is 1. The Morgan fingerprint density at radius 3 is 2.52 bits per heavy atom. The van der Waals surface area contributed by atoms with Gasteiger partial charge >= 0.3 is 12.1 Å². The fourth-order valence-electron chi connectivity index (χ4n) is 3.78. The van der Waals surface area contributed by atoms with E-state index >= 15 is 0 Å². The smallest absolute Gasteiger partial charge is 0.416 e. The zero-order valence-corrected chi connectivity index (χ0v) is 18.2. The van der Waals surface area contributed by atoms with E-state index < -0.39 is 11.7 Å². The molecule has 1 aromatic heterocycles. The molecule has 2 heterocycles. The molecule has 3 rings (SSSR count). The fraction of sp³-hybridized carbons (Fsp3) is 0.375. The van der Waals surface area contributed by atoms with Crippen LogP contribution in [0.2, 0.25) is 0 Å². The van der Waals surface area contributed by atoms with E-state index in [0.29, 0.717) is 19.4 Å². The van der Waals surface area contributed by atoms with Gasteiger partial charge in [0.1, 0.15) is 12.1 Å². The van der Waals surface area contributed by atoms with Gasteiger partial charge in [-0.1, -0.05) is 36.6 Å². The Kier molecular flexibility index (Phi) is 7.24. The molecule has 1 aliphatic heterocycles. The third kappa shape index (κ3) is 5.99. The second-order valence-corrected chi connectivity index (χ2v) is 8.58. The molecule has 3 atom stereocenters. The van der Waals surface area contributed by atoms with Gasteiger partial charge in [-0.05, 0) is 48.1 Å². The van der Waals surface area contributed by atoms with Crippen LogP contribution >= 0.6 is 11.3 Å². The summed E-state index contributed by atoms with van der Waals surface area (Å²) in [5, 5.41) is 1.98. The summed E-state index contributed by atoms with van der Waals surface area (Å²) in [5.74, 6) is 5.98. The maximum Gasteiger partial charge on any atom is 0.416 e. The molecular formula is C24H24F3NO2S. The van der Waals surface area contributed by atoms with Gasteiger partial charge in [0, 0.05) is 30.8 Å². The summed E-state index contributed by atoms with van der Waals surface area (Å²) < 4.78 is 44.6. The number of halogens is 3. The normalized spacial score (nSPS) is 20.4. The van der Waals surface area contributed by atoms with Gasteiger partial charge in [0.25, 0.3) is 0 Å². The number of likely N-dealkylation sites (tertiary alicyclic amines) is 1. The number of allylic oxidation sites excluding steroid dienone is 1. The molecule has 0 spiro atoms. The minimum absolute atomic E-state index is 0.234. The van der Waals surface area contributed by atoms with Crippen LogP contribution in [0.5, 0.6) is 0 Å². The quantitative estimate of drug-likeness (QED) is 0.416. The number of thiophene rings is 1. The van der Waals surface area contributed by atoms with Crippen LogP contribution in [-0.4, -0.2) is 23.5 Å². The first-order chi connectivity index (χ1) is 14.6. The van der Waals surface area contributed by atoms with Crippen molar-refractivity contribution in [2.24, 2.45) is 0 Å². The van der Waals surface area contributed by atoms with Gasteiger partial charge in [-0.2, -0.15) is 13.2 Å². The number of hydrogen-bond acceptors (Lipinski definition) is 4. The Morgan fingerprint density at radius 2 is 1.97 bits per heavy atom. The Balaban J connectivity index is 1.99. The van der Waals surface area contributed by atoms with Crippen molar-refractivity contribution in [3.8, 4) is 11.8 Å². The first-order valence-electron chi connectivity index (χ1n) is 9.95. The zero-order chi connectivity index (χ0) is 22.6. The molecule has 0 N–H and O–H groups in total. The number of rotatable bonds is 4. The summed E-state index contributed by atoms with van der Waals surface area (Å²) in [5.41, 5.74) is 0.790. The largest absolute Gasteiger partial charge is 0.462 e. The Morgan fingerprint density at radius 1 is 1.26 bits per heavy atom. The number of hydrogen-bond donors (Lipinski definition) is 0. The average molecular weight is 448 g/mol. The van der Waals surface area contributed by atoms with E-state index in [1.165, 1.54) is 19.1 Å². The maximum atomic E-state index is 13.0. The number of nitrogens with zero attached hydrogens (tertiary/aromatic N) is 1. The monoisotopic (exact) mass is 447 g/mol. The van der Waals surface area contributed by atoms with Crippen molar-refractivity contribution in [1.82, 2.24) is 4.90 Å². The van der Waals surface area contributed by atoms with Crippen molar-refractivity contribution in [2.45, 2.75) is 51.1 Å². The topological polar surface area (TPSA) is 29.5 Å². The van der Waals surface area contributed by atoms with Crippen LogP contribution in [0.25, 0.3) is 0 Å². The molecule has 1 fully saturated rings. The third-order valence-electron chi connectivity index (χ3n) is 5.12. The molecule has 2 aromatic rings. The molecule has 1 aromatic carbocycles. The van der Waals surface area contributed by atoms with E-state index in [-0.39, 0.29) is 24.2 Å². The highest BCUT2D eigenvalue weighted by Crippen LogP contribution is 2.40. The molecule has 164 valence electrons. The van der Waals surface area contributed by atoms with Gasteiger partial charge in [0.05, 0.1) is 5.56 Å². The molecule has 0 radical (unpaired) electrons. The van der Waals surface area contributed by atoms with E-state index in [0.717, 1.165) is 28.1 Å². The van der Waals surface area contributed by atoms with Crippen LogP contribution < -0.4 is 0 Å². The van der Waals surface area contributed by atoms with Crippen LogP contribution in [-0.2, 0) is 15.7 Å². The minimum atomic E-state index is -4.39. The molecule has 0 amide bonds. The lowest BCUT2D eigenvalue weighted by Gasteiger charge is -2.42. The minimum Gasteiger partial charge on any atom is -0.462 e.